The summed E-state index contributed by atoms with van der Waals surface area (Å²) in [6.45, 7) is 1.27. The van der Waals surface area contributed by atoms with E-state index in [0.717, 1.165) is 48.1 Å². The van der Waals surface area contributed by atoms with Crippen LogP contribution >= 0.6 is 34.8 Å². The molecule has 0 aliphatic carbocycles. The van der Waals surface area contributed by atoms with Crippen LogP contribution in [0, 0.1) is 0 Å². The van der Waals surface area contributed by atoms with Gasteiger partial charge in [-0.3, -0.25) is 4.79 Å². The molecular formula is C26H24Cl3N3O. The number of unbranched alkanes of at least 4 members (excludes halogenated alkanes) is 2. The van der Waals surface area contributed by atoms with Crippen LogP contribution < -0.4 is 5.32 Å². The van der Waals surface area contributed by atoms with Gasteiger partial charge in [0.15, 0.2) is 0 Å². The van der Waals surface area contributed by atoms with Crippen molar-refractivity contribution in [1.29, 1.82) is 0 Å². The molecule has 0 bridgehead atoms. The first-order valence-electron chi connectivity index (χ1n) is 10.9. The Morgan fingerprint density at radius 2 is 1.70 bits per heavy atom. The molecule has 0 radical (unpaired) electrons. The zero-order valence-corrected chi connectivity index (χ0v) is 20.3. The number of nitrogens with one attached hydrogen (secondary N) is 1. The van der Waals surface area contributed by atoms with Gasteiger partial charge in [0.05, 0.1) is 17.6 Å². The third kappa shape index (κ3) is 6.08. The molecular weight excluding hydrogens is 477 g/mol. The van der Waals surface area contributed by atoms with Crippen LogP contribution in [0.5, 0.6) is 0 Å². The standard InChI is InChI=1S/C26H24Cl3N3O/c27-20-8-6-7-18(15-20)26(33)30-14-5-1-2-11-25-31-23-9-3-4-10-24(23)32(25)17-19-12-13-21(28)16-22(19)29/h3-4,6-10,12-13,15-16H,1-2,5,11,14,17H2,(H,30,33). The molecule has 1 amide bonds. The van der Waals surface area contributed by atoms with Crippen molar-refractivity contribution in [2.45, 2.75) is 32.2 Å². The summed E-state index contributed by atoms with van der Waals surface area (Å²) in [6, 6.07) is 20.7. The third-order valence-corrected chi connectivity index (χ3v) is 6.35. The van der Waals surface area contributed by atoms with Crippen molar-refractivity contribution in [2.24, 2.45) is 0 Å². The first-order chi connectivity index (χ1) is 16.0. The summed E-state index contributed by atoms with van der Waals surface area (Å²) in [4.78, 5) is 17.1. The van der Waals surface area contributed by atoms with Crippen molar-refractivity contribution in [3.63, 3.8) is 0 Å². The summed E-state index contributed by atoms with van der Waals surface area (Å²) in [6.07, 6.45) is 3.71. The highest BCUT2D eigenvalue weighted by atomic mass is 35.5. The van der Waals surface area contributed by atoms with E-state index in [1.54, 1.807) is 30.3 Å². The molecule has 0 aliphatic heterocycles. The number of fused-ring (bicyclic) bond motifs is 1. The molecule has 1 heterocycles. The Morgan fingerprint density at radius 1 is 0.879 bits per heavy atom. The fourth-order valence-electron chi connectivity index (χ4n) is 3.83. The average Bonchev–Trinajstić information content (AvgIpc) is 3.15. The Bertz CT molecular complexity index is 1270. The number of para-hydroxylation sites is 2. The SMILES string of the molecule is O=C(NCCCCCc1nc2ccccc2n1Cc1ccc(Cl)cc1Cl)c1cccc(Cl)c1. The Morgan fingerprint density at radius 3 is 2.52 bits per heavy atom. The molecule has 0 unspecified atom stereocenters. The van der Waals surface area contributed by atoms with Gasteiger partial charge >= 0.3 is 0 Å². The van der Waals surface area contributed by atoms with Gasteiger partial charge in [-0.1, -0.05) is 65.5 Å². The van der Waals surface area contributed by atoms with Crippen molar-refractivity contribution in [3.05, 3.63) is 98.7 Å². The Labute approximate surface area is 208 Å². The van der Waals surface area contributed by atoms with Gasteiger partial charge in [-0.25, -0.2) is 4.98 Å². The lowest BCUT2D eigenvalue weighted by Gasteiger charge is -2.11. The zero-order valence-electron chi connectivity index (χ0n) is 18.0. The number of nitrogens with zero attached hydrogens (tertiary/aromatic N) is 2. The highest BCUT2D eigenvalue weighted by molar-refractivity contribution is 6.35. The highest BCUT2D eigenvalue weighted by Crippen LogP contribution is 2.25. The molecule has 0 saturated carbocycles. The van der Waals surface area contributed by atoms with Crippen molar-refractivity contribution in [2.75, 3.05) is 6.54 Å². The number of hydrogen-bond donors (Lipinski definition) is 1. The molecule has 33 heavy (non-hydrogen) atoms. The van der Waals surface area contributed by atoms with Gasteiger partial charge in [-0.05, 0) is 60.9 Å². The van der Waals surface area contributed by atoms with Crippen LogP contribution in [-0.2, 0) is 13.0 Å². The van der Waals surface area contributed by atoms with Gasteiger partial charge in [-0.2, -0.15) is 0 Å². The van der Waals surface area contributed by atoms with E-state index in [9.17, 15) is 4.79 Å². The number of hydrogen-bond acceptors (Lipinski definition) is 2. The number of rotatable bonds is 9. The molecule has 4 rings (SSSR count). The summed E-state index contributed by atoms with van der Waals surface area (Å²) in [7, 11) is 0. The largest absolute Gasteiger partial charge is 0.352 e. The molecule has 0 fully saturated rings. The fraction of sp³-hybridized carbons (Fsp3) is 0.231. The number of carbonyl (C=O) groups excluding carboxylic acids is 1. The van der Waals surface area contributed by atoms with Gasteiger partial charge in [0, 0.05) is 33.6 Å². The second kappa shape index (κ2) is 11.1. The van der Waals surface area contributed by atoms with E-state index in [0.29, 0.717) is 33.7 Å². The highest BCUT2D eigenvalue weighted by Gasteiger charge is 2.12. The van der Waals surface area contributed by atoms with Gasteiger partial charge in [0.2, 0.25) is 0 Å². The molecule has 170 valence electrons. The number of halogens is 3. The summed E-state index contributed by atoms with van der Waals surface area (Å²) < 4.78 is 2.23. The van der Waals surface area contributed by atoms with Crippen molar-refractivity contribution in [1.82, 2.24) is 14.9 Å². The maximum Gasteiger partial charge on any atom is 0.251 e. The van der Waals surface area contributed by atoms with E-state index in [4.69, 9.17) is 39.8 Å². The predicted octanol–water partition coefficient (Wildman–Crippen LogP) is 7.19. The lowest BCUT2D eigenvalue weighted by Crippen LogP contribution is -2.24. The number of amides is 1. The van der Waals surface area contributed by atoms with Crippen LogP contribution in [0.15, 0.2) is 66.7 Å². The molecule has 1 aromatic heterocycles. The van der Waals surface area contributed by atoms with Crippen molar-refractivity contribution < 1.29 is 4.79 Å². The Balaban J connectivity index is 1.34. The fourth-order valence-corrected chi connectivity index (χ4v) is 4.49. The molecule has 0 aliphatic rings. The molecule has 0 spiro atoms. The van der Waals surface area contributed by atoms with E-state index in [1.165, 1.54) is 0 Å². The quantitative estimate of drug-likeness (QED) is 0.247. The summed E-state index contributed by atoms with van der Waals surface area (Å²) >= 11 is 18.4. The maximum atomic E-state index is 12.2. The van der Waals surface area contributed by atoms with Gasteiger partial charge in [-0.15, -0.1) is 0 Å². The normalized spacial score (nSPS) is 11.1. The molecule has 0 atom stereocenters. The van der Waals surface area contributed by atoms with Crippen LogP contribution in [0.3, 0.4) is 0 Å². The van der Waals surface area contributed by atoms with Crippen LogP contribution in [0.2, 0.25) is 15.1 Å². The van der Waals surface area contributed by atoms with Crippen LogP contribution in [0.4, 0.5) is 0 Å². The first kappa shape index (κ1) is 23.6. The predicted molar refractivity (Wildman–Crippen MR) is 137 cm³/mol. The average molecular weight is 501 g/mol. The molecule has 4 nitrogen and oxygen atoms in total. The molecule has 3 aromatic carbocycles. The topological polar surface area (TPSA) is 46.9 Å². The number of benzene rings is 3. The Kier molecular flexibility index (Phi) is 7.92. The lowest BCUT2D eigenvalue weighted by molar-refractivity contribution is 0.0953. The first-order valence-corrected chi connectivity index (χ1v) is 12.1. The van der Waals surface area contributed by atoms with Crippen molar-refractivity contribution >= 4 is 51.7 Å². The van der Waals surface area contributed by atoms with Crippen LogP contribution in [-0.4, -0.2) is 22.0 Å². The smallest absolute Gasteiger partial charge is 0.251 e. The van der Waals surface area contributed by atoms with E-state index in [-0.39, 0.29) is 5.91 Å². The lowest BCUT2D eigenvalue weighted by atomic mass is 10.1. The maximum absolute atomic E-state index is 12.2. The second-order valence-corrected chi connectivity index (χ2v) is 9.20. The van der Waals surface area contributed by atoms with Gasteiger partial charge in [0.1, 0.15) is 5.82 Å². The number of aromatic nitrogens is 2. The monoisotopic (exact) mass is 499 g/mol. The van der Waals surface area contributed by atoms with Crippen molar-refractivity contribution in [3.8, 4) is 0 Å². The van der Waals surface area contributed by atoms with Gasteiger partial charge in [0.25, 0.3) is 5.91 Å². The summed E-state index contributed by atoms with van der Waals surface area (Å²) in [5.41, 5.74) is 3.66. The molecule has 0 saturated heterocycles. The van der Waals surface area contributed by atoms with Crippen LogP contribution in [0.1, 0.15) is 41.0 Å². The molecule has 1 N–H and O–H groups in total. The minimum absolute atomic E-state index is 0.0980. The number of carbonyl (C=O) groups is 1. The zero-order chi connectivity index (χ0) is 23.2. The minimum atomic E-state index is -0.0980. The molecule has 7 heteroatoms. The minimum Gasteiger partial charge on any atom is -0.352 e. The van der Waals surface area contributed by atoms with E-state index >= 15 is 0 Å². The Hall–Kier alpha value is -2.53. The van der Waals surface area contributed by atoms with Gasteiger partial charge < -0.3 is 9.88 Å². The third-order valence-electron chi connectivity index (χ3n) is 5.53. The van der Waals surface area contributed by atoms with E-state index in [2.05, 4.69) is 16.0 Å². The van der Waals surface area contributed by atoms with Crippen LogP contribution in [0.25, 0.3) is 11.0 Å². The number of imidazole rings is 1. The number of aryl methyl sites for hydroxylation is 1. The van der Waals surface area contributed by atoms with E-state index in [1.807, 2.05) is 30.3 Å². The van der Waals surface area contributed by atoms with E-state index < -0.39 is 0 Å². The summed E-state index contributed by atoms with van der Waals surface area (Å²) in [5.74, 6) is 0.935. The second-order valence-electron chi connectivity index (χ2n) is 7.92. The summed E-state index contributed by atoms with van der Waals surface area (Å²) in [5, 5.41) is 4.80. The molecule has 4 aromatic rings.